The zero-order chi connectivity index (χ0) is 27.0. The van der Waals surface area contributed by atoms with E-state index in [1.54, 1.807) is 0 Å². The second-order valence-corrected chi connectivity index (χ2v) is 9.48. The van der Waals surface area contributed by atoms with Gasteiger partial charge in [-0.3, -0.25) is 24.0 Å². The molecule has 11 nitrogen and oxygen atoms in total. The van der Waals surface area contributed by atoms with Crippen LogP contribution in [0.25, 0.3) is 0 Å². The topological polar surface area (TPSA) is 162 Å². The van der Waals surface area contributed by atoms with Crippen molar-refractivity contribution < 1.29 is 33.9 Å². The number of anilines is 1. The van der Waals surface area contributed by atoms with Crippen molar-refractivity contribution in [2.45, 2.75) is 64.6 Å². The van der Waals surface area contributed by atoms with E-state index >= 15 is 0 Å². The molecule has 1 heterocycles. The van der Waals surface area contributed by atoms with Gasteiger partial charge in [0.1, 0.15) is 18.4 Å². The number of halogens is 1. The lowest BCUT2D eigenvalue weighted by molar-refractivity contribution is -0.141. The molecule has 0 aliphatic carbocycles. The molecule has 1 aromatic rings. The van der Waals surface area contributed by atoms with Gasteiger partial charge < -0.3 is 30.8 Å². The van der Waals surface area contributed by atoms with Crippen molar-refractivity contribution in [2.24, 2.45) is 5.92 Å². The molecule has 1 fully saturated rings. The molecule has 12 heteroatoms. The molecular formula is C24H31ClN4O7. The van der Waals surface area contributed by atoms with Gasteiger partial charge in [-0.2, -0.15) is 0 Å². The Kier molecular flexibility index (Phi) is 10.4. The highest BCUT2D eigenvalue weighted by molar-refractivity contribution is 6.34. The van der Waals surface area contributed by atoms with Gasteiger partial charge >= 0.3 is 5.97 Å². The molecule has 1 aliphatic heterocycles. The third-order valence-corrected chi connectivity index (χ3v) is 5.85. The zero-order valence-corrected chi connectivity index (χ0v) is 21.1. The van der Waals surface area contributed by atoms with Crippen molar-refractivity contribution in [1.82, 2.24) is 15.5 Å². The van der Waals surface area contributed by atoms with Crippen molar-refractivity contribution in [1.29, 1.82) is 0 Å². The molecule has 196 valence electrons. The van der Waals surface area contributed by atoms with Crippen LogP contribution in [0.4, 0.5) is 5.69 Å². The van der Waals surface area contributed by atoms with Gasteiger partial charge in [-0.1, -0.05) is 25.4 Å². The molecule has 4 N–H and O–H groups in total. The summed E-state index contributed by atoms with van der Waals surface area (Å²) in [5.41, 5.74) is 0.546. The lowest BCUT2D eigenvalue weighted by atomic mass is 10.1. The third kappa shape index (κ3) is 8.04. The lowest BCUT2D eigenvalue weighted by Crippen LogP contribution is -2.54. The first-order valence-electron chi connectivity index (χ1n) is 11.6. The quantitative estimate of drug-likeness (QED) is 0.321. The number of aliphatic carboxylic acids is 1. The SMILES string of the molecule is CC(C)CC(=O)Nc1ccc(C(=O)N[C@@H](C)C(=O)N2CCCC2C(=O)N[C@H](C=O)CC(=O)O)cc1Cl. The Bertz CT molecular complexity index is 1030. The van der Waals surface area contributed by atoms with E-state index in [0.29, 0.717) is 31.2 Å². The minimum absolute atomic E-state index is 0.168. The largest absolute Gasteiger partial charge is 0.481 e. The van der Waals surface area contributed by atoms with Crippen LogP contribution in [0.3, 0.4) is 0 Å². The second kappa shape index (κ2) is 13.0. The van der Waals surface area contributed by atoms with Gasteiger partial charge in [-0.15, -0.1) is 0 Å². The Labute approximate surface area is 213 Å². The average Bonchev–Trinajstić information content (AvgIpc) is 3.28. The molecule has 1 aromatic carbocycles. The van der Waals surface area contributed by atoms with E-state index in [2.05, 4.69) is 16.0 Å². The number of likely N-dealkylation sites (tertiary alicyclic amines) is 1. The lowest BCUT2D eigenvalue weighted by Gasteiger charge is -2.27. The normalized spacial score (nSPS) is 16.7. The highest BCUT2D eigenvalue weighted by atomic mass is 35.5. The Morgan fingerprint density at radius 1 is 1.14 bits per heavy atom. The summed E-state index contributed by atoms with van der Waals surface area (Å²) in [6.45, 7) is 5.58. The van der Waals surface area contributed by atoms with Gasteiger partial charge in [0, 0.05) is 18.5 Å². The van der Waals surface area contributed by atoms with Gasteiger partial charge in [0.15, 0.2) is 0 Å². The summed E-state index contributed by atoms with van der Waals surface area (Å²) in [7, 11) is 0. The van der Waals surface area contributed by atoms with Crippen molar-refractivity contribution >= 4 is 53.2 Å². The van der Waals surface area contributed by atoms with E-state index in [9.17, 15) is 28.8 Å². The highest BCUT2D eigenvalue weighted by Gasteiger charge is 2.37. The van der Waals surface area contributed by atoms with E-state index < -0.39 is 48.2 Å². The Morgan fingerprint density at radius 2 is 1.83 bits per heavy atom. The average molecular weight is 523 g/mol. The van der Waals surface area contributed by atoms with Crippen LogP contribution in [0.1, 0.15) is 56.8 Å². The maximum absolute atomic E-state index is 13.0. The first-order valence-corrected chi connectivity index (χ1v) is 12.0. The van der Waals surface area contributed by atoms with E-state index in [1.165, 1.54) is 30.0 Å². The number of carboxylic acid groups (broad SMARTS) is 1. The molecule has 2 rings (SSSR count). The number of nitrogens with zero attached hydrogens (tertiary/aromatic N) is 1. The molecule has 3 atom stereocenters. The number of amides is 4. The van der Waals surface area contributed by atoms with Crippen molar-refractivity contribution in [3.63, 3.8) is 0 Å². The predicted molar refractivity (Wildman–Crippen MR) is 131 cm³/mol. The van der Waals surface area contributed by atoms with Gasteiger partial charge in [0.25, 0.3) is 5.91 Å². The molecule has 4 amide bonds. The fourth-order valence-electron chi connectivity index (χ4n) is 3.82. The third-order valence-electron chi connectivity index (χ3n) is 5.54. The zero-order valence-electron chi connectivity index (χ0n) is 20.4. The van der Waals surface area contributed by atoms with Crippen LogP contribution in [0.15, 0.2) is 18.2 Å². The molecule has 1 saturated heterocycles. The maximum atomic E-state index is 13.0. The van der Waals surface area contributed by atoms with Crippen LogP contribution in [0.2, 0.25) is 5.02 Å². The predicted octanol–water partition coefficient (Wildman–Crippen LogP) is 1.59. The molecular weight excluding hydrogens is 492 g/mol. The summed E-state index contributed by atoms with van der Waals surface area (Å²) in [5.74, 6) is -2.96. The number of benzene rings is 1. The van der Waals surface area contributed by atoms with Crippen molar-refractivity contribution in [3.8, 4) is 0 Å². The van der Waals surface area contributed by atoms with E-state index in [0.717, 1.165) is 0 Å². The molecule has 36 heavy (non-hydrogen) atoms. The van der Waals surface area contributed by atoms with Crippen LogP contribution in [-0.4, -0.2) is 70.6 Å². The highest BCUT2D eigenvalue weighted by Crippen LogP contribution is 2.24. The van der Waals surface area contributed by atoms with E-state index in [1.807, 2.05) is 13.8 Å². The summed E-state index contributed by atoms with van der Waals surface area (Å²) < 4.78 is 0. The van der Waals surface area contributed by atoms with Crippen LogP contribution >= 0.6 is 11.6 Å². The number of nitrogens with one attached hydrogen (secondary N) is 3. The molecule has 1 aliphatic rings. The molecule has 0 spiro atoms. The first kappa shape index (κ1) is 28.8. The van der Waals surface area contributed by atoms with Crippen molar-refractivity contribution in [3.05, 3.63) is 28.8 Å². The van der Waals surface area contributed by atoms with Gasteiger partial charge in [0.2, 0.25) is 17.7 Å². The van der Waals surface area contributed by atoms with Gasteiger partial charge in [-0.25, -0.2) is 0 Å². The second-order valence-electron chi connectivity index (χ2n) is 9.07. The monoisotopic (exact) mass is 522 g/mol. The number of carbonyl (C=O) groups excluding carboxylic acids is 5. The summed E-state index contributed by atoms with van der Waals surface area (Å²) in [6.07, 6.45) is 0.974. The van der Waals surface area contributed by atoms with Crippen LogP contribution in [0, 0.1) is 5.92 Å². The number of carbonyl (C=O) groups is 6. The fourth-order valence-corrected chi connectivity index (χ4v) is 4.05. The van der Waals surface area contributed by atoms with Gasteiger partial charge in [-0.05, 0) is 43.9 Å². The number of carboxylic acids is 1. The smallest absolute Gasteiger partial charge is 0.305 e. The summed E-state index contributed by atoms with van der Waals surface area (Å²) in [5, 5.41) is 16.6. The molecule has 0 bridgehead atoms. The summed E-state index contributed by atoms with van der Waals surface area (Å²) in [6, 6.07) is 1.30. The summed E-state index contributed by atoms with van der Waals surface area (Å²) >= 11 is 6.22. The minimum Gasteiger partial charge on any atom is -0.481 e. The van der Waals surface area contributed by atoms with Gasteiger partial charge in [0.05, 0.1) is 23.2 Å². The van der Waals surface area contributed by atoms with Crippen LogP contribution in [0.5, 0.6) is 0 Å². The Hall–Kier alpha value is -3.47. The fraction of sp³-hybridized carbons (Fsp3) is 0.500. The number of hydrogen-bond acceptors (Lipinski definition) is 6. The summed E-state index contributed by atoms with van der Waals surface area (Å²) in [4.78, 5) is 73.5. The number of rotatable bonds is 11. The number of hydrogen-bond donors (Lipinski definition) is 4. The maximum Gasteiger partial charge on any atom is 0.305 e. The Balaban J connectivity index is 2.01. The van der Waals surface area contributed by atoms with Crippen LogP contribution in [-0.2, 0) is 24.0 Å². The standard InChI is InChI=1S/C24H31ClN4O7/c1-13(2)9-20(31)28-18-7-6-15(10-17(18)25)22(34)26-14(3)24(36)29-8-4-5-19(29)23(35)27-16(12-30)11-21(32)33/h6-7,10,12-14,16,19H,4-5,8-9,11H2,1-3H3,(H,26,34)(H,27,35)(H,28,31)(H,32,33)/t14-,16-,19?/m0/s1. The van der Waals surface area contributed by atoms with Crippen LogP contribution < -0.4 is 16.0 Å². The van der Waals surface area contributed by atoms with E-state index in [4.69, 9.17) is 16.7 Å². The molecule has 1 unspecified atom stereocenters. The Morgan fingerprint density at radius 3 is 2.42 bits per heavy atom. The molecule has 0 aromatic heterocycles. The first-order chi connectivity index (χ1) is 16.9. The van der Waals surface area contributed by atoms with E-state index in [-0.39, 0.29) is 29.0 Å². The minimum atomic E-state index is -1.24. The number of aldehydes is 1. The molecule has 0 saturated carbocycles. The van der Waals surface area contributed by atoms with Crippen molar-refractivity contribution in [2.75, 3.05) is 11.9 Å². The molecule has 0 radical (unpaired) electrons.